The van der Waals surface area contributed by atoms with Crippen molar-refractivity contribution >= 4 is 5.91 Å². The molecule has 38 heavy (non-hydrogen) atoms. The molecule has 2 heterocycles. The Kier molecular flexibility index (Phi) is 8.51. The highest BCUT2D eigenvalue weighted by molar-refractivity contribution is 6.00. The fourth-order valence-corrected chi connectivity index (χ4v) is 4.54. The Morgan fingerprint density at radius 1 is 1.16 bits per heavy atom. The SMILES string of the molecule is CCCN(C)CC/C=C/Cc1noc(-c2cc(C)c3c(c2)CN(Cc2ccc(OC(F)(F)F)cc2)C3=O)n1. The number of ether oxygens (including phenoxy) is 1. The summed E-state index contributed by atoms with van der Waals surface area (Å²) in [5, 5.41) is 4.09. The lowest BCUT2D eigenvalue weighted by Gasteiger charge is -2.16. The smallest absolute Gasteiger partial charge is 0.406 e. The van der Waals surface area contributed by atoms with E-state index in [-0.39, 0.29) is 18.2 Å². The van der Waals surface area contributed by atoms with E-state index >= 15 is 0 Å². The number of hydrogen-bond donors (Lipinski definition) is 0. The number of carbonyl (C=O) groups excluding carboxylic acids is 1. The molecule has 0 radical (unpaired) electrons. The zero-order valence-electron chi connectivity index (χ0n) is 21.7. The zero-order chi connectivity index (χ0) is 27.3. The Balaban J connectivity index is 1.38. The number of allylic oxidation sites excluding steroid dienone is 1. The lowest BCUT2D eigenvalue weighted by atomic mass is 10.0. The highest BCUT2D eigenvalue weighted by Crippen LogP contribution is 2.32. The van der Waals surface area contributed by atoms with Gasteiger partial charge in [0.05, 0.1) is 0 Å². The Labute approximate surface area is 219 Å². The van der Waals surface area contributed by atoms with Gasteiger partial charge in [0.2, 0.25) is 0 Å². The van der Waals surface area contributed by atoms with E-state index in [1.165, 1.54) is 24.3 Å². The van der Waals surface area contributed by atoms with Crippen LogP contribution in [-0.2, 0) is 19.5 Å². The van der Waals surface area contributed by atoms with Gasteiger partial charge in [-0.1, -0.05) is 36.4 Å². The Morgan fingerprint density at radius 2 is 1.92 bits per heavy atom. The average molecular weight is 529 g/mol. The molecule has 202 valence electrons. The third-order valence-corrected chi connectivity index (χ3v) is 6.27. The summed E-state index contributed by atoms with van der Waals surface area (Å²) in [6.07, 6.45) is 2.09. The monoisotopic (exact) mass is 528 g/mol. The number of carbonyl (C=O) groups is 1. The van der Waals surface area contributed by atoms with Crippen LogP contribution in [0.3, 0.4) is 0 Å². The third-order valence-electron chi connectivity index (χ3n) is 6.27. The van der Waals surface area contributed by atoms with Crippen molar-refractivity contribution < 1.29 is 27.2 Å². The second kappa shape index (κ2) is 11.8. The van der Waals surface area contributed by atoms with E-state index in [1.54, 1.807) is 4.90 Å². The van der Waals surface area contributed by atoms with E-state index < -0.39 is 6.36 Å². The number of amides is 1. The normalized spacial score (nSPS) is 13.7. The number of benzene rings is 2. The van der Waals surface area contributed by atoms with Crippen molar-refractivity contribution in [3.05, 3.63) is 76.6 Å². The molecule has 0 aliphatic carbocycles. The van der Waals surface area contributed by atoms with Crippen LogP contribution in [0.4, 0.5) is 13.2 Å². The van der Waals surface area contributed by atoms with Crippen LogP contribution in [0.15, 0.2) is 53.1 Å². The summed E-state index contributed by atoms with van der Waals surface area (Å²) in [5.41, 5.74) is 3.72. The van der Waals surface area contributed by atoms with E-state index in [0.717, 1.165) is 42.6 Å². The molecule has 1 amide bonds. The van der Waals surface area contributed by atoms with Crippen LogP contribution in [0.25, 0.3) is 11.5 Å². The van der Waals surface area contributed by atoms with Crippen molar-refractivity contribution in [2.75, 3.05) is 20.1 Å². The fourth-order valence-electron chi connectivity index (χ4n) is 4.54. The Hall–Kier alpha value is -3.66. The highest BCUT2D eigenvalue weighted by Gasteiger charge is 2.32. The van der Waals surface area contributed by atoms with Crippen molar-refractivity contribution in [3.63, 3.8) is 0 Å². The minimum Gasteiger partial charge on any atom is -0.406 e. The molecule has 7 nitrogen and oxygen atoms in total. The maximum absolute atomic E-state index is 13.1. The Bertz CT molecular complexity index is 1290. The summed E-state index contributed by atoms with van der Waals surface area (Å²) in [6, 6.07) is 9.28. The summed E-state index contributed by atoms with van der Waals surface area (Å²) in [7, 11) is 2.11. The molecule has 0 saturated heterocycles. The molecular weight excluding hydrogens is 497 g/mol. The molecule has 0 spiro atoms. The van der Waals surface area contributed by atoms with Gasteiger partial charge in [0.15, 0.2) is 5.82 Å². The first-order valence-electron chi connectivity index (χ1n) is 12.6. The van der Waals surface area contributed by atoms with E-state index in [9.17, 15) is 18.0 Å². The number of fused-ring (bicyclic) bond motifs is 1. The first kappa shape index (κ1) is 27.4. The van der Waals surface area contributed by atoms with Gasteiger partial charge >= 0.3 is 6.36 Å². The van der Waals surface area contributed by atoms with Crippen LogP contribution < -0.4 is 4.74 Å². The molecule has 0 saturated carbocycles. The van der Waals surface area contributed by atoms with Gasteiger partial charge in [0.25, 0.3) is 11.8 Å². The molecule has 3 aromatic rings. The van der Waals surface area contributed by atoms with Crippen molar-refractivity contribution in [2.45, 2.75) is 52.6 Å². The zero-order valence-corrected chi connectivity index (χ0v) is 21.7. The Morgan fingerprint density at radius 3 is 2.63 bits per heavy atom. The maximum Gasteiger partial charge on any atom is 0.573 e. The van der Waals surface area contributed by atoms with Crippen LogP contribution in [0.5, 0.6) is 5.75 Å². The van der Waals surface area contributed by atoms with Crippen molar-refractivity contribution in [1.29, 1.82) is 0 Å². The van der Waals surface area contributed by atoms with E-state index in [4.69, 9.17) is 4.52 Å². The molecule has 1 aliphatic rings. The van der Waals surface area contributed by atoms with E-state index in [0.29, 0.717) is 35.8 Å². The molecule has 0 atom stereocenters. The van der Waals surface area contributed by atoms with Gasteiger partial charge in [-0.15, -0.1) is 13.2 Å². The van der Waals surface area contributed by atoms with Crippen molar-refractivity contribution in [1.82, 2.24) is 19.9 Å². The second-order valence-electron chi connectivity index (χ2n) is 9.46. The lowest BCUT2D eigenvalue weighted by Crippen LogP contribution is -2.23. The number of aryl methyl sites for hydroxylation is 1. The molecule has 4 rings (SSSR count). The number of rotatable bonds is 11. The molecule has 0 N–H and O–H groups in total. The first-order chi connectivity index (χ1) is 18.1. The van der Waals surface area contributed by atoms with Gasteiger partial charge in [-0.3, -0.25) is 4.79 Å². The summed E-state index contributed by atoms with van der Waals surface area (Å²) in [6.45, 7) is 6.75. The fraction of sp³-hybridized carbons (Fsp3) is 0.393. The van der Waals surface area contributed by atoms with Gasteiger partial charge in [-0.05, 0) is 74.3 Å². The van der Waals surface area contributed by atoms with E-state index in [1.807, 2.05) is 25.1 Å². The summed E-state index contributed by atoms with van der Waals surface area (Å²) in [4.78, 5) is 21.5. The predicted molar refractivity (Wildman–Crippen MR) is 136 cm³/mol. The topological polar surface area (TPSA) is 71.7 Å². The molecule has 0 bridgehead atoms. The van der Waals surface area contributed by atoms with Crippen LogP contribution in [0.1, 0.15) is 52.6 Å². The molecule has 10 heteroatoms. The standard InChI is InChI=1S/C28H31F3N4O3/c1-4-13-34(3)14-7-5-6-8-24-32-26(38-33-24)21-15-19(2)25-22(16-21)18-35(27(25)36)17-20-9-11-23(12-10-20)37-28(29,30)31/h5-6,9-12,15-16H,4,7-8,13-14,17-18H2,1-3H3/b6-5+. The van der Waals surface area contributed by atoms with Gasteiger partial charge in [-0.2, -0.15) is 4.98 Å². The van der Waals surface area contributed by atoms with Crippen molar-refractivity contribution in [3.8, 4) is 17.2 Å². The summed E-state index contributed by atoms with van der Waals surface area (Å²) < 4.78 is 46.6. The van der Waals surface area contributed by atoms with Gasteiger partial charge < -0.3 is 19.1 Å². The molecule has 0 unspecified atom stereocenters. The molecule has 2 aromatic carbocycles. The number of halogens is 3. The number of nitrogens with zero attached hydrogens (tertiary/aromatic N) is 4. The average Bonchev–Trinajstić information content (AvgIpc) is 3.44. The van der Waals surface area contributed by atoms with Crippen LogP contribution in [0, 0.1) is 6.92 Å². The quantitative estimate of drug-likeness (QED) is 0.287. The predicted octanol–water partition coefficient (Wildman–Crippen LogP) is 5.93. The summed E-state index contributed by atoms with van der Waals surface area (Å²) in [5.74, 6) is 0.562. The number of aromatic nitrogens is 2. The molecular formula is C28H31F3N4O3. The molecule has 1 aliphatic heterocycles. The second-order valence-corrected chi connectivity index (χ2v) is 9.46. The van der Waals surface area contributed by atoms with Gasteiger partial charge in [0, 0.05) is 37.2 Å². The molecule has 1 aromatic heterocycles. The van der Waals surface area contributed by atoms with Crippen LogP contribution in [0.2, 0.25) is 0 Å². The minimum absolute atomic E-state index is 0.124. The van der Waals surface area contributed by atoms with E-state index in [2.05, 4.69) is 39.8 Å². The highest BCUT2D eigenvalue weighted by atomic mass is 19.4. The van der Waals surface area contributed by atoms with Crippen LogP contribution in [-0.4, -0.2) is 52.3 Å². The third kappa shape index (κ3) is 7.00. The van der Waals surface area contributed by atoms with Crippen molar-refractivity contribution in [2.24, 2.45) is 0 Å². The number of alkyl halides is 3. The summed E-state index contributed by atoms with van der Waals surface area (Å²) >= 11 is 0. The van der Waals surface area contributed by atoms with Crippen LogP contribution >= 0.6 is 0 Å². The maximum atomic E-state index is 13.1. The lowest BCUT2D eigenvalue weighted by molar-refractivity contribution is -0.274. The molecule has 0 fully saturated rings. The first-order valence-corrected chi connectivity index (χ1v) is 12.6. The number of hydrogen-bond acceptors (Lipinski definition) is 6. The van der Waals surface area contributed by atoms with Gasteiger partial charge in [-0.25, -0.2) is 0 Å². The minimum atomic E-state index is -4.75. The van der Waals surface area contributed by atoms with Gasteiger partial charge in [0.1, 0.15) is 5.75 Å². The largest absolute Gasteiger partial charge is 0.573 e.